The van der Waals surface area contributed by atoms with Crippen molar-refractivity contribution in [3.8, 4) is 0 Å². The molecule has 0 unspecified atom stereocenters. The average molecular weight is 389 g/mol. The maximum Gasteiger partial charge on any atom is 0.407 e. The Bertz CT molecular complexity index is 535. The SMILES string of the molecule is O=C(NCc1cc(Br)c(Br)o1)OCc1ccccc1. The van der Waals surface area contributed by atoms with Gasteiger partial charge in [0.1, 0.15) is 12.4 Å². The summed E-state index contributed by atoms with van der Waals surface area (Å²) in [5, 5.41) is 2.61. The van der Waals surface area contributed by atoms with E-state index in [0.717, 1.165) is 10.0 Å². The number of rotatable bonds is 4. The van der Waals surface area contributed by atoms with Crippen LogP contribution in [0.5, 0.6) is 0 Å². The fourth-order valence-corrected chi connectivity index (χ4v) is 2.07. The Morgan fingerprint density at radius 2 is 2.00 bits per heavy atom. The highest BCUT2D eigenvalue weighted by Gasteiger charge is 2.08. The molecule has 2 rings (SSSR count). The molecule has 0 aliphatic carbocycles. The largest absolute Gasteiger partial charge is 0.451 e. The molecule has 0 bridgehead atoms. The fraction of sp³-hybridized carbons (Fsp3) is 0.154. The molecular formula is C13H11Br2NO3. The van der Waals surface area contributed by atoms with Crippen LogP contribution in [-0.2, 0) is 17.9 Å². The van der Waals surface area contributed by atoms with E-state index < -0.39 is 6.09 Å². The smallest absolute Gasteiger partial charge is 0.407 e. The van der Waals surface area contributed by atoms with Crippen molar-refractivity contribution in [3.63, 3.8) is 0 Å². The summed E-state index contributed by atoms with van der Waals surface area (Å²) in [5.41, 5.74) is 0.945. The van der Waals surface area contributed by atoms with Crippen molar-refractivity contribution in [1.29, 1.82) is 0 Å². The summed E-state index contributed by atoms with van der Waals surface area (Å²) < 4.78 is 11.8. The molecule has 0 radical (unpaired) electrons. The van der Waals surface area contributed by atoms with E-state index in [1.54, 1.807) is 6.07 Å². The molecule has 0 fully saturated rings. The second-order valence-electron chi connectivity index (χ2n) is 3.75. The number of benzene rings is 1. The summed E-state index contributed by atoms with van der Waals surface area (Å²) >= 11 is 6.53. The second-order valence-corrected chi connectivity index (χ2v) is 5.32. The normalized spacial score (nSPS) is 10.2. The first-order chi connectivity index (χ1) is 9.15. The van der Waals surface area contributed by atoms with Crippen molar-refractivity contribution in [1.82, 2.24) is 5.32 Å². The van der Waals surface area contributed by atoms with Gasteiger partial charge in [0.15, 0.2) is 4.67 Å². The first kappa shape index (κ1) is 14.1. The number of carbonyl (C=O) groups excluding carboxylic acids is 1. The van der Waals surface area contributed by atoms with Gasteiger partial charge < -0.3 is 14.5 Å². The summed E-state index contributed by atoms with van der Waals surface area (Å²) in [5.74, 6) is 0.635. The van der Waals surface area contributed by atoms with Crippen LogP contribution < -0.4 is 5.32 Å². The third kappa shape index (κ3) is 4.40. The summed E-state index contributed by atoms with van der Waals surface area (Å²) in [6.07, 6.45) is -0.479. The van der Waals surface area contributed by atoms with Gasteiger partial charge in [0, 0.05) is 0 Å². The van der Waals surface area contributed by atoms with E-state index in [9.17, 15) is 4.79 Å². The zero-order valence-corrected chi connectivity index (χ0v) is 13.0. The summed E-state index contributed by atoms with van der Waals surface area (Å²) in [4.78, 5) is 11.5. The molecular weight excluding hydrogens is 378 g/mol. The van der Waals surface area contributed by atoms with Gasteiger partial charge in [-0.25, -0.2) is 4.79 Å². The lowest BCUT2D eigenvalue weighted by atomic mass is 10.2. The minimum atomic E-state index is -0.479. The molecule has 1 aromatic heterocycles. The molecule has 2 aromatic rings. The van der Waals surface area contributed by atoms with Gasteiger partial charge in [0.25, 0.3) is 0 Å². The molecule has 19 heavy (non-hydrogen) atoms. The Morgan fingerprint density at radius 3 is 2.63 bits per heavy atom. The zero-order chi connectivity index (χ0) is 13.7. The van der Waals surface area contributed by atoms with Crippen molar-refractivity contribution in [2.75, 3.05) is 0 Å². The number of nitrogens with one attached hydrogen (secondary N) is 1. The zero-order valence-electron chi connectivity index (χ0n) is 9.86. The Hall–Kier alpha value is -1.27. The third-order valence-electron chi connectivity index (χ3n) is 2.32. The standard InChI is InChI=1S/C13H11Br2NO3/c14-11-6-10(19-12(11)15)7-16-13(17)18-8-9-4-2-1-3-5-9/h1-6H,7-8H2,(H,16,17). The molecule has 1 aromatic carbocycles. The van der Waals surface area contributed by atoms with E-state index in [2.05, 4.69) is 37.2 Å². The Labute approximate surface area is 127 Å². The summed E-state index contributed by atoms with van der Waals surface area (Å²) in [6, 6.07) is 11.3. The van der Waals surface area contributed by atoms with Gasteiger partial charge in [-0.3, -0.25) is 0 Å². The van der Waals surface area contributed by atoms with Gasteiger partial charge in [0.05, 0.1) is 11.0 Å². The molecule has 0 aliphatic heterocycles. The van der Waals surface area contributed by atoms with Crippen LogP contribution in [0.1, 0.15) is 11.3 Å². The van der Waals surface area contributed by atoms with Crippen molar-refractivity contribution < 1.29 is 13.9 Å². The molecule has 0 atom stereocenters. The van der Waals surface area contributed by atoms with E-state index in [1.807, 2.05) is 30.3 Å². The van der Waals surface area contributed by atoms with E-state index >= 15 is 0 Å². The van der Waals surface area contributed by atoms with Crippen LogP contribution in [0.25, 0.3) is 0 Å². The minimum absolute atomic E-state index is 0.248. The maximum atomic E-state index is 11.5. The number of carbonyl (C=O) groups is 1. The lowest BCUT2D eigenvalue weighted by molar-refractivity contribution is 0.138. The quantitative estimate of drug-likeness (QED) is 0.852. The summed E-state index contributed by atoms with van der Waals surface area (Å²) in [7, 11) is 0. The number of hydrogen-bond acceptors (Lipinski definition) is 3. The topological polar surface area (TPSA) is 51.5 Å². The maximum absolute atomic E-state index is 11.5. The van der Waals surface area contributed by atoms with E-state index in [0.29, 0.717) is 10.4 Å². The van der Waals surface area contributed by atoms with E-state index in [-0.39, 0.29) is 13.2 Å². The van der Waals surface area contributed by atoms with Crippen LogP contribution in [0.4, 0.5) is 4.79 Å². The van der Waals surface area contributed by atoms with Crippen LogP contribution in [0.3, 0.4) is 0 Å². The second kappa shape index (κ2) is 6.77. The van der Waals surface area contributed by atoms with Crippen molar-refractivity contribution in [2.24, 2.45) is 0 Å². The number of halogens is 2. The molecule has 0 saturated carbocycles. The molecule has 1 amide bonds. The lowest BCUT2D eigenvalue weighted by Crippen LogP contribution is -2.23. The van der Waals surface area contributed by atoms with Gasteiger partial charge in [-0.2, -0.15) is 0 Å². The number of alkyl carbamates (subject to hydrolysis) is 1. The predicted octanol–water partition coefficient (Wildman–Crippen LogP) is 4.23. The molecule has 1 N–H and O–H groups in total. The molecule has 0 saturated heterocycles. The summed E-state index contributed by atoms with van der Waals surface area (Å²) in [6.45, 7) is 0.524. The van der Waals surface area contributed by atoms with Gasteiger partial charge in [-0.05, 0) is 43.5 Å². The molecule has 1 heterocycles. The van der Waals surface area contributed by atoms with Crippen LogP contribution >= 0.6 is 31.9 Å². The molecule has 4 nitrogen and oxygen atoms in total. The lowest BCUT2D eigenvalue weighted by Gasteiger charge is -2.05. The van der Waals surface area contributed by atoms with Crippen LogP contribution in [0.2, 0.25) is 0 Å². The predicted molar refractivity (Wildman–Crippen MR) is 77.6 cm³/mol. The number of furan rings is 1. The van der Waals surface area contributed by atoms with E-state index in [1.165, 1.54) is 0 Å². The fourth-order valence-electron chi connectivity index (χ4n) is 1.41. The first-order valence-corrected chi connectivity index (χ1v) is 7.12. The van der Waals surface area contributed by atoms with Crippen LogP contribution in [-0.4, -0.2) is 6.09 Å². The third-order valence-corrected chi connectivity index (χ3v) is 4.03. The van der Waals surface area contributed by atoms with E-state index in [4.69, 9.17) is 9.15 Å². The minimum Gasteiger partial charge on any atom is -0.451 e. The Kier molecular flexibility index (Phi) is 5.04. The average Bonchev–Trinajstić information content (AvgIpc) is 2.74. The van der Waals surface area contributed by atoms with Gasteiger partial charge in [-0.1, -0.05) is 30.3 Å². The highest BCUT2D eigenvalue weighted by molar-refractivity contribution is 9.13. The molecule has 6 heteroatoms. The van der Waals surface area contributed by atoms with Crippen molar-refractivity contribution >= 4 is 38.0 Å². The molecule has 0 spiro atoms. The van der Waals surface area contributed by atoms with Crippen molar-refractivity contribution in [2.45, 2.75) is 13.2 Å². The van der Waals surface area contributed by atoms with Gasteiger partial charge >= 0.3 is 6.09 Å². The Morgan fingerprint density at radius 1 is 1.26 bits per heavy atom. The van der Waals surface area contributed by atoms with Gasteiger partial charge in [0.2, 0.25) is 0 Å². The highest BCUT2D eigenvalue weighted by atomic mass is 79.9. The number of ether oxygens (including phenoxy) is 1. The molecule has 0 aliphatic rings. The Balaban J connectivity index is 1.76. The first-order valence-electron chi connectivity index (χ1n) is 5.53. The van der Waals surface area contributed by atoms with Crippen molar-refractivity contribution in [3.05, 3.63) is 56.9 Å². The van der Waals surface area contributed by atoms with Crippen LogP contribution in [0.15, 0.2) is 50.0 Å². The monoisotopic (exact) mass is 387 g/mol. The van der Waals surface area contributed by atoms with Gasteiger partial charge in [-0.15, -0.1) is 0 Å². The highest BCUT2D eigenvalue weighted by Crippen LogP contribution is 2.26. The number of amides is 1. The number of hydrogen-bond donors (Lipinski definition) is 1. The molecule has 100 valence electrons. The van der Waals surface area contributed by atoms with Crippen LogP contribution in [0, 0.1) is 0 Å².